The minimum Gasteiger partial charge on any atom is -0.495 e. The molecule has 0 radical (unpaired) electrons. The number of Topliss-reactive ketones (excluding diaryl/α,β-unsaturated/α-hetero) is 1. The monoisotopic (exact) mass is 444 g/mol. The van der Waals surface area contributed by atoms with E-state index in [2.05, 4.69) is 5.32 Å². The average molecular weight is 445 g/mol. The summed E-state index contributed by atoms with van der Waals surface area (Å²) in [6, 6.07) is 11.2. The van der Waals surface area contributed by atoms with Crippen LogP contribution in [-0.2, 0) is 19.1 Å². The van der Waals surface area contributed by atoms with Gasteiger partial charge < -0.3 is 19.7 Å². The third-order valence-electron chi connectivity index (χ3n) is 4.81. The lowest BCUT2D eigenvalue weighted by molar-refractivity contribution is -0.151. The molecule has 1 saturated heterocycles. The summed E-state index contributed by atoms with van der Waals surface area (Å²) < 4.78 is 10.4. The Morgan fingerprint density at radius 3 is 2.52 bits per heavy atom. The number of carbonyl (C=O) groups excluding carboxylic acids is 4. The fraction of sp³-hybridized carbons (Fsp3) is 0.273. The molecule has 0 aliphatic carbocycles. The largest absolute Gasteiger partial charge is 0.495 e. The number of amides is 2. The van der Waals surface area contributed by atoms with Gasteiger partial charge in [0.05, 0.1) is 18.7 Å². The van der Waals surface area contributed by atoms with Gasteiger partial charge in [0.25, 0.3) is 5.91 Å². The summed E-state index contributed by atoms with van der Waals surface area (Å²) in [5.74, 6) is -1.76. The maximum atomic E-state index is 12.4. The molecule has 0 bridgehead atoms. The van der Waals surface area contributed by atoms with E-state index in [4.69, 9.17) is 21.1 Å². The van der Waals surface area contributed by atoms with E-state index in [1.54, 1.807) is 42.5 Å². The molecule has 162 valence electrons. The second-order valence-corrected chi connectivity index (χ2v) is 7.45. The predicted molar refractivity (Wildman–Crippen MR) is 114 cm³/mol. The van der Waals surface area contributed by atoms with Gasteiger partial charge in [0.15, 0.2) is 12.4 Å². The van der Waals surface area contributed by atoms with Crippen LogP contribution in [0.2, 0.25) is 5.02 Å². The number of anilines is 2. The van der Waals surface area contributed by atoms with Crippen molar-refractivity contribution in [3.05, 3.63) is 53.1 Å². The average Bonchev–Trinajstić information content (AvgIpc) is 3.14. The lowest BCUT2D eigenvalue weighted by atomic mass is 10.1. The number of rotatable bonds is 7. The maximum absolute atomic E-state index is 12.4. The molecule has 2 amide bonds. The topological polar surface area (TPSA) is 102 Å². The minimum atomic E-state index is -0.709. The second kappa shape index (κ2) is 9.61. The molecular formula is C22H21ClN2O6. The lowest BCUT2D eigenvalue weighted by Crippen LogP contribution is -2.28. The number of nitrogens with zero attached hydrogens (tertiary/aromatic N) is 1. The summed E-state index contributed by atoms with van der Waals surface area (Å²) in [4.78, 5) is 49.6. The molecule has 0 unspecified atom stereocenters. The van der Waals surface area contributed by atoms with Crippen molar-refractivity contribution in [3.8, 4) is 5.75 Å². The first-order valence-electron chi connectivity index (χ1n) is 9.50. The molecule has 2 aromatic rings. The quantitative estimate of drug-likeness (QED) is 0.520. The summed E-state index contributed by atoms with van der Waals surface area (Å²) in [7, 11) is 1.48. The van der Waals surface area contributed by atoms with Crippen LogP contribution in [0.15, 0.2) is 42.5 Å². The Morgan fingerprint density at radius 1 is 1.16 bits per heavy atom. The van der Waals surface area contributed by atoms with Crippen molar-refractivity contribution in [2.75, 3.05) is 30.5 Å². The third-order valence-corrected chi connectivity index (χ3v) is 5.05. The van der Waals surface area contributed by atoms with Gasteiger partial charge in [-0.3, -0.25) is 19.2 Å². The highest BCUT2D eigenvalue weighted by atomic mass is 35.5. The van der Waals surface area contributed by atoms with E-state index < -0.39 is 24.4 Å². The van der Waals surface area contributed by atoms with E-state index in [1.807, 2.05) is 0 Å². The standard InChI is InChI=1S/C22H21ClN2O6/c1-13(26)14-3-6-17(7-4-14)24-20(27)12-31-22(29)15-9-21(28)25(11-15)18-10-16(23)5-8-19(18)30-2/h3-8,10,15H,9,11-12H2,1-2H3,(H,24,27)/t15-/m0/s1. The number of hydrogen-bond acceptors (Lipinski definition) is 6. The lowest BCUT2D eigenvalue weighted by Gasteiger charge is -2.19. The first kappa shape index (κ1) is 22.3. The van der Waals surface area contributed by atoms with Gasteiger partial charge in [-0.25, -0.2) is 0 Å². The molecule has 3 rings (SSSR count). The van der Waals surface area contributed by atoms with Gasteiger partial charge in [-0.05, 0) is 49.4 Å². The Bertz CT molecular complexity index is 1020. The number of halogens is 1. The molecule has 1 fully saturated rings. The van der Waals surface area contributed by atoms with Gasteiger partial charge >= 0.3 is 5.97 Å². The molecule has 1 aliphatic rings. The van der Waals surface area contributed by atoms with E-state index in [9.17, 15) is 19.2 Å². The van der Waals surface area contributed by atoms with Crippen molar-refractivity contribution < 1.29 is 28.7 Å². The molecular weight excluding hydrogens is 424 g/mol. The summed E-state index contributed by atoms with van der Waals surface area (Å²) in [5, 5.41) is 3.02. The Kier molecular flexibility index (Phi) is 6.91. The van der Waals surface area contributed by atoms with E-state index in [1.165, 1.54) is 18.9 Å². The van der Waals surface area contributed by atoms with E-state index >= 15 is 0 Å². The number of esters is 1. The van der Waals surface area contributed by atoms with Crippen LogP contribution in [-0.4, -0.2) is 43.8 Å². The zero-order chi connectivity index (χ0) is 22.5. The SMILES string of the molecule is COc1ccc(Cl)cc1N1C[C@@H](C(=O)OCC(=O)Nc2ccc(C(C)=O)cc2)CC1=O. The van der Waals surface area contributed by atoms with E-state index in [-0.39, 0.29) is 24.7 Å². The van der Waals surface area contributed by atoms with Crippen molar-refractivity contribution in [1.82, 2.24) is 0 Å². The normalized spacial score (nSPS) is 15.5. The molecule has 8 nitrogen and oxygen atoms in total. The van der Waals surface area contributed by atoms with Crippen LogP contribution in [0.5, 0.6) is 5.75 Å². The summed E-state index contributed by atoms with van der Waals surface area (Å²) >= 11 is 6.03. The van der Waals surface area contributed by atoms with Crippen LogP contribution in [0.3, 0.4) is 0 Å². The third kappa shape index (κ3) is 5.40. The number of ether oxygens (including phenoxy) is 2. The minimum absolute atomic E-state index is 0.0391. The second-order valence-electron chi connectivity index (χ2n) is 7.01. The fourth-order valence-electron chi connectivity index (χ4n) is 3.21. The van der Waals surface area contributed by atoms with Gasteiger partial charge in [-0.1, -0.05) is 11.6 Å². The highest BCUT2D eigenvalue weighted by Crippen LogP contribution is 2.35. The van der Waals surface area contributed by atoms with Crippen molar-refractivity contribution in [1.29, 1.82) is 0 Å². The zero-order valence-corrected chi connectivity index (χ0v) is 17.8. The Labute approximate surface area is 184 Å². The fourth-order valence-corrected chi connectivity index (χ4v) is 3.38. The maximum Gasteiger partial charge on any atom is 0.311 e. The van der Waals surface area contributed by atoms with Gasteiger partial charge in [0, 0.05) is 29.2 Å². The van der Waals surface area contributed by atoms with Gasteiger partial charge in [0.1, 0.15) is 5.75 Å². The van der Waals surface area contributed by atoms with Crippen molar-refractivity contribution in [2.24, 2.45) is 5.92 Å². The Morgan fingerprint density at radius 2 is 1.87 bits per heavy atom. The molecule has 1 N–H and O–H groups in total. The van der Waals surface area contributed by atoms with Crippen molar-refractivity contribution >= 4 is 46.5 Å². The van der Waals surface area contributed by atoms with Crippen molar-refractivity contribution in [2.45, 2.75) is 13.3 Å². The molecule has 0 aromatic heterocycles. The van der Waals surface area contributed by atoms with Crippen molar-refractivity contribution in [3.63, 3.8) is 0 Å². The van der Waals surface area contributed by atoms with Gasteiger partial charge in [-0.2, -0.15) is 0 Å². The molecule has 1 heterocycles. The van der Waals surface area contributed by atoms with Gasteiger partial charge in [-0.15, -0.1) is 0 Å². The first-order chi connectivity index (χ1) is 14.8. The van der Waals surface area contributed by atoms with E-state index in [0.717, 1.165) is 0 Å². The Hall–Kier alpha value is -3.39. The zero-order valence-electron chi connectivity index (χ0n) is 17.0. The summed E-state index contributed by atoms with van der Waals surface area (Å²) in [6.07, 6.45) is -0.0391. The molecule has 2 aromatic carbocycles. The molecule has 0 saturated carbocycles. The molecule has 1 atom stereocenters. The highest BCUT2D eigenvalue weighted by molar-refractivity contribution is 6.31. The van der Waals surface area contributed by atoms with Crippen LogP contribution in [0.25, 0.3) is 0 Å². The molecule has 9 heteroatoms. The summed E-state index contributed by atoms with van der Waals surface area (Å²) in [6.45, 7) is 1.06. The number of ketones is 1. The number of hydrogen-bond donors (Lipinski definition) is 1. The van der Waals surface area contributed by atoms with Crippen LogP contribution in [0, 0.1) is 5.92 Å². The molecule has 0 spiro atoms. The molecule has 31 heavy (non-hydrogen) atoms. The van der Waals surface area contributed by atoms with E-state index in [0.29, 0.717) is 27.7 Å². The van der Waals surface area contributed by atoms with Crippen LogP contribution < -0.4 is 15.0 Å². The summed E-state index contributed by atoms with van der Waals surface area (Å²) in [5.41, 5.74) is 1.47. The molecule has 1 aliphatic heterocycles. The first-order valence-corrected chi connectivity index (χ1v) is 9.87. The number of methoxy groups -OCH3 is 1. The number of benzene rings is 2. The van der Waals surface area contributed by atoms with Crippen LogP contribution in [0.1, 0.15) is 23.7 Å². The smallest absolute Gasteiger partial charge is 0.311 e. The predicted octanol–water partition coefficient (Wildman–Crippen LogP) is 3.09. The van der Waals surface area contributed by atoms with Gasteiger partial charge in [0.2, 0.25) is 5.91 Å². The number of carbonyl (C=O) groups is 4. The Balaban J connectivity index is 1.55. The van der Waals surface area contributed by atoms with Crippen LogP contribution >= 0.6 is 11.6 Å². The highest BCUT2D eigenvalue weighted by Gasteiger charge is 2.37. The van der Waals surface area contributed by atoms with Crippen LogP contribution in [0.4, 0.5) is 11.4 Å². The number of nitrogens with one attached hydrogen (secondary N) is 1.